The Bertz CT molecular complexity index is 450. The number of anilines is 1. The highest BCUT2D eigenvalue weighted by Crippen LogP contribution is 2.17. The van der Waals surface area contributed by atoms with E-state index < -0.39 is 0 Å². The lowest BCUT2D eigenvalue weighted by molar-refractivity contribution is 0.923. The van der Waals surface area contributed by atoms with Gasteiger partial charge in [0.2, 0.25) is 0 Å². The summed E-state index contributed by atoms with van der Waals surface area (Å²) < 4.78 is 0. The summed E-state index contributed by atoms with van der Waals surface area (Å²) in [5.41, 5.74) is 3.68. The Labute approximate surface area is 108 Å². The lowest BCUT2D eigenvalue weighted by atomic mass is 10.2. The van der Waals surface area contributed by atoms with Crippen LogP contribution in [0.2, 0.25) is 0 Å². The molecule has 0 aliphatic carbocycles. The van der Waals surface area contributed by atoms with Crippen LogP contribution in [0.4, 0.5) is 5.69 Å². The molecule has 0 aliphatic rings. The molecule has 0 aromatic heterocycles. The van der Waals surface area contributed by atoms with E-state index in [2.05, 4.69) is 60.5 Å². The third-order valence-corrected chi connectivity index (χ3v) is 3.10. The zero-order valence-corrected chi connectivity index (χ0v) is 10.7. The second-order valence-electron chi connectivity index (χ2n) is 4.14. The summed E-state index contributed by atoms with van der Waals surface area (Å²) >= 11 is 5.77. The van der Waals surface area contributed by atoms with Crippen molar-refractivity contribution in [3.05, 3.63) is 65.7 Å². The van der Waals surface area contributed by atoms with E-state index in [1.54, 1.807) is 0 Å². The quantitative estimate of drug-likeness (QED) is 0.735. The molecule has 0 fully saturated rings. The van der Waals surface area contributed by atoms with Crippen LogP contribution >= 0.6 is 11.6 Å². The van der Waals surface area contributed by atoms with Crippen molar-refractivity contribution in [3.8, 4) is 0 Å². The molecule has 88 valence electrons. The molecule has 0 atom stereocenters. The molecule has 0 saturated carbocycles. The van der Waals surface area contributed by atoms with Crippen molar-refractivity contribution in [2.45, 2.75) is 12.4 Å². The normalized spacial score (nSPS) is 10.2. The van der Waals surface area contributed by atoms with Crippen LogP contribution in [0.5, 0.6) is 0 Å². The number of benzene rings is 2. The molecule has 0 amide bonds. The Hall–Kier alpha value is -1.47. The molecule has 2 heteroatoms. The second kappa shape index (κ2) is 5.74. The Morgan fingerprint density at radius 2 is 1.53 bits per heavy atom. The van der Waals surface area contributed by atoms with Gasteiger partial charge in [-0.2, -0.15) is 0 Å². The fourth-order valence-corrected chi connectivity index (χ4v) is 1.97. The van der Waals surface area contributed by atoms with Gasteiger partial charge in [0.25, 0.3) is 0 Å². The van der Waals surface area contributed by atoms with Gasteiger partial charge in [-0.15, -0.1) is 11.6 Å². The van der Waals surface area contributed by atoms with E-state index in [1.165, 1.54) is 11.3 Å². The maximum absolute atomic E-state index is 5.77. The van der Waals surface area contributed by atoms with E-state index in [0.717, 1.165) is 12.1 Å². The fraction of sp³-hybridized carbons (Fsp3) is 0.200. The average molecular weight is 246 g/mol. The zero-order valence-electron chi connectivity index (χ0n) is 9.94. The molecule has 0 unspecified atom stereocenters. The molecule has 0 radical (unpaired) electrons. The summed E-state index contributed by atoms with van der Waals surface area (Å²) in [6.07, 6.45) is 0. The van der Waals surface area contributed by atoms with Gasteiger partial charge in [-0.05, 0) is 23.3 Å². The summed E-state index contributed by atoms with van der Waals surface area (Å²) in [6, 6.07) is 18.8. The molecule has 1 nitrogen and oxygen atoms in total. The number of hydrogen-bond acceptors (Lipinski definition) is 1. The fourth-order valence-electron chi connectivity index (χ4n) is 1.79. The van der Waals surface area contributed by atoms with Crippen LogP contribution in [0.3, 0.4) is 0 Å². The molecule has 17 heavy (non-hydrogen) atoms. The van der Waals surface area contributed by atoms with Gasteiger partial charge in [0.1, 0.15) is 0 Å². The second-order valence-corrected chi connectivity index (χ2v) is 4.41. The number of alkyl halides is 1. The molecule has 2 aromatic rings. The molecular weight excluding hydrogens is 230 g/mol. The highest BCUT2D eigenvalue weighted by atomic mass is 35.5. The number of halogens is 1. The van der Waals surface area contributed by atoms with E-state index in [-0.39, 0.29) is 0 Å². The molecule has 0 bridgehead atoms. The predicted molar refractivity (Wildman–Crippen MR) is 74.5 cm³/mol. The van der Waals surface area contributed by atoms with Crippen molar-refractivity contribution in [3.63, 3.8) is 0 Å². The minimum Gasteiger partial charge on any atom is -0.370 e. The van der Waals surface area contributed by atoms with Crippen LogP contribution < -0.4 is 4.90 Å². The number of nitrogens with zero attached hydrogens (tertiary/aromatic N) is 1. The number of rotatable bonds is 4. The standard InChI is InChI=1S/C15H16ClN/c1-17(12-14-5-3-2-4-6-14)15-9-7-13(11-16)8-10-15/h2-10H,11-12H2,1H3. The van der Waals surface area contributed by atoms with Crippen LogP contribution in [-0.2, 0) is 12.4 Å². The van der Waals surface area contributed by atoms with Crippen molar-refractivity contribution in [2.24, 2.45) is 0 Å². The maximum atomic E-state index is 5.77. The minimum atomic E-state index is 0.572. The van der Waals surface area contributed by atoms with Crippen LogP contribution in [0, 0.1) is 0 Å². The molecule has 0 heterocycles. The molecule has 2 aromatic carbocycles. The van der Waals surface area contributed by atoms with Gasteiger partial charge in [-0.25, -0.2) is 0 Å². The molecule has 2 rings (SSSR count). The Balaban J connectivity index is 2.06. The lowest BCUT2D eigenvalue weighted by Crippen LogP contribution is -2.16. The van der Waals surface area contributed by atoms with Crippen LogP contribution in [0.15, 0.2) is 54.6 Å². The van der Waals surface area contributed by atoms with Gasteiger partial charge in [0, 0.05) is 25.2 Å². The summed E-state index contributed by atoms with van der Waals surface area (Å²) in [5.74, 6) is 0.572. The van der Waals surface area contributed by atoms with Crippen LogP contribution in [-0.4, -0.2) is 7.05 Å². The van der Waals surface area contributed by atoms with E-state index >= 15 is 0 Å². The van der Waals surface area contributed by atoms with Crippen molar-refractivity contribution < 1.29 is 0 Å². The topological polar surface area (TPSA) is 3.24 Å². The van der Waals surface area contributed by atoms with Crippen molar-refractivity contribution >= 4 is 17.3 Å². The van der Waals surface area contributed by atoms with Crippen molar-refractivity contribution in [1.82, 2.24) is 0 Å². The summed E-state index contributed by atoms with van der Waals surface area (Å²) in [5, 5.41) is 0. The number of hydrogen-bond donors (Lipinski definition) is 0. The van der Waals surface area contributed by atoms with Crippen molar-refractivity contribution in [1.29, 1.82) is 0 Å². The first kappa shape index (κ1) is 12.0. The van der Waals surface area contributed by atoms with E-state index in [4.69, 9.17) is 11.6 Å². The van der Waals surface area contributed by atoms with Crippen molar-refractivity contribution in [2.75, 3.05) is 11.9 Å². The van der Waals surface area contributed by atoms with Gasteiger partial charge in [-0.1, -0.05) is 42.5 Å². The third-order valence-electron chi connectivity index (χ3n) is 2.79. The molecule has 0 saturated heterocycles. The summed E-state index contributed by atoms with van der Waals surface area (Å²) in [7, 11) is 2.10. The van der Waals surface area contributed by atoms with Gasteiger partial charge in [0.05, 0.1) is 0 Å². The Kier molecular flexibility index (Phi) is 4.05. The molecule has 0 aliphatic heterocycles. The zero-order chi connectivity index (χ0) is 12.1. The maximum Gasteiger partial charge on any atom is 0.0474 e. The molecule has 0 spiro atoms. The summed E-state index contributed by atoms with van der Waals surface area (Å²) in [6.45, 7) is 0.918. The first-order valence-corrected chi connectivity index (χ1v) is 6.23. The highest BCUT2D eigenvalue weighted by molar-refractivity contribution is 6.17. The van der Waals surface area contributed by atoms with Crippen LogP contribution in [0.1, 0.15) is 11.1 Å². The van der Waals surface area contributed by atoms with E-state index in [0.29, 0.717) is 5.88 Å². The van der Waals surface area contributed by atoms with Gasteiger partial charge < -0.3 is 4.90 Å². The van der Waals surface area contributed by atoms with Gasteiger partial charge in [-0.3, -0.25) is 0 Å². The van der Waals surface area contributed by atoms with E-state index in [9.17, 15) is 0 Å². The largest absolute Gasteiger partial charge is 0.370 e. The first-order valence-electron chi connectivity index (χ1n) is 5.69. The summed E-state index contributed by atoms with van der Waals surface area (Å²) in [4.78, 5) is 2.23. The SMILES string of the molecule is CN(Cc1ccccc1)c1ccc(CCl)cc1. The third kappa shape index (κ3) is 3.24. The Morgan fingerprint density at radius 1 is 0.882 bits per heavy atom. The minimum absolute atomic E-state index is 0.572. The van der Waals surface area contributed by atoms with Gasteiger partial charge >= 0.3 is 0 Å². The van der Waals surface area contributed by atoms with Crippen LogP contribution in [0.25, 0.3) is 0 Å². The smallest absolute Gasteiger partial charge is 0.0474 e. The molecule has 0 N–H and O–H groups in total. The molecular formula is C15H16ClN. The first-order chi connectivity index (χ1) is 8.29. The highest BCUT2D eigenvalue weighted by Gasteiger charge is 2.01. The van der Waals surface area contributed by atoms with E-state index in [1.807, 2.05) is 6.07 Å². The monoisotopic (exact) mass is 245 g/mol. The van der Waals surface area contributed by atoms with Gasteiger partial charge in [0.15, 0.2) is 0 Å². The Morgan fingerprint density at radius 3 is 2.12 bits per heavy atom. The predicted octanol–water partition coefficient (Wildman–Crippen LogP) is 4.06. The lowest BCUT2D eigenvalue weighted by Gasteiger charge is -2.19. The average Bonchev–Trinajstić information content (AvgIpc) is 2.40.